The van der Waals surface area contributed by atoms with Crippen molar-refractivity contribution in [3.05, 3.63) is 0 Å². The molecule has 2 aliphatic rings. The molecule has 0 spiro atoms. The van der Waals surface area contributed by atoms with Gasteiger partial charge in [-0.2, -0.15) is 0 Å². The Hall–Kier alpha value is -0.610. The molecule has 19 heavy (non-hydrogen) atoms. The second-order valence-electron chi connectivity index (χ2n) is 6.21. The van der Waals surface area contributed by atoms with Gasteiger partial charge in [0.05, 0.1) is 6.61 Å². The van der Waals surface area contributed by atoms with Gasteiger partial charge in [-0.25, -0.2) is 0 Å². The first-order valence-corrected chi connectivity index (χ1v) is 7.84. The average molecular weight is 268 g/mol. The third-order valence-corrected chi connectivity index (χ3v) is 4.51. The fraction of sp³-hybridized carbons (Fsp3) is 0.933. The Morgan fingerprint density at radius 3 is 2.63 bits per heavy atom. The van der Waals surface area contributed by atoms with Gasteiger partial charge in [0.1, 0.15) is 0 Å². The fourth-order valence-electron chi connectivity index (χ4n) is 3.13. The van der Waals surface area contributed by atoms with Crippen molar-refractivity contribution in [1.82, 2.24) is 5.32 Å². The standard InChI is InChI=1S/C15H28N2O2/c16-14-6-3-12(4-7-14)5-8-15(18)17-10-13-2-1-9-19-11-13/h12-14H,1-11,16H2,(H,17,18). The van der Waals surface area contributed by atoms with Crippen molar-refractivity contribution in [2.75, 3.05) is 19.8 Å². The normalized spacial score (nSPS) is 31.9. The van der Waals surface area contributed by atoms with Crippen LogP contribution in [-0.4, -0.2) is 31.7 Å². The van der Waals surface area contributed by atoms with Crippen molar-refractivity contribution in [1.29, 1.82) is 0 Å². The summed E-state index contributed by atoms with van der Waals surface area (Å²) in [5.74, 6) is 1.44. The van der Waals surface area contributed by atoms with E-state index in [0.717, 1.165) is 45.4 Å². The summed E-state index contributed by atoms with van der Waals surface area (Å²) in [5.41, 5.74) is 5.89. The van der Waals surface area contributed by atoms with Crippen LogP contribution in [0.25, 0.3) is 0 Å². The summed E-state index contributed by atoms with van der Waals surface area (Å²) in [6.45, 7) is 2.48. The number of carbonyl (C=O) groups excluding carboxylic acids is 1. The number of nitrogens with one attached hydrogen (secondary N) is 1. The second kappa shape index (κ2) is 7.85. The number of amides is 1. The lowest BCUT2D eigenvalue weighted by Crippen LogP contribution is -2.33. The molecule has 0 aromatic heterocycles. The van der Waals surface area contributed by atoms with E-state index in [-0.39, 0.29) is 5.91 Å². The summed E-state index contributed by atoms with van der Waals surface area (Å²) in [6, 6.07) is 0.399. The zero-order valence-electron chi connectivity index (χ0n) is 11.9. The Bertz CT molecular complexity index is 269. The molecule has 1 heterocycles. The van der Waals surface area contributed by atoms with Gasteiger partial charge in [-0.3, -0.25) is 4.79 Å². The highest BCUT2D eigenvalue weighted by atomic mass is 16.5. The Balaban J connectivity index is 1.54. The van der Waals surface area contributed by atoms with Crippen LogP contribution in [0.4, 0.5) is 0 Å². The Morgan fingerprint density at radius 2 is 1.95 bits per heavy atom. The number of carbonyl (C=O) groups is 1. The van der Waals surface area contributed by atoms with E-state index in [0.29, 0.717) is 24.3 Å². The van der Waals surface area contributed by atoms with Crippen LogP contribution in [0.15, 0.2) is 0 Å². The second-order valence-corrected chi connectivity index (χ2v) is 6.21. The smallest absolute Gasteiger partial charge is 0.220 e. The maximum atomic E-state index is 11.8. The van der Waals surface area contributed by atoms with Gasteiger partial charge in [-0.05, 0) is 56.8 Å². The lowest BCUT2D eigenvalue weighted by molar-refractivity contribution is -0.121. The first kappa shape index (κ1) is 14.8. The predicted octanol–water partition coefficient (Wildman–Crippen LogP) is 1.83. The SMILES string of the molecule is NC1CCC(CCC(=O)NCC2CCCOC2)CC1. The zero-order chi connectivity index (χ0) is 13.5. The molecule has 3 N–H and O–H groups in total. The lowest BCUT2D eigenvalue weighted by atomic mass is 9.84. The minimum Gasteiger partial charge on any atom is -0.381 e. The molecule has 4 nitrogen and oxygen atoms in total. The molecular weight excluding hydrogens is 240 g/mol. The molecular formula is C15H28N2O2. The first-order valence-electron chi connectivity index (χ1n) is 7.84. The van der Waals surface area contributed by atoms with Crippen LogP contribution in [0.3, 0.4) is 0 Å². The number of nitrogens with two attached hydrogens (primary N) is 1. The molecule has 0 bridgehead atoms. The number of rotatable bonds is 5. The predicted molar refractivity (Wildman–Crippen MR) is 75.7 cm³/mol. The third-order valence-electron chi connectivity index (χ3n) is 4.51. The van der Waals surface area contributed by atoms with Gasteiger partial charge in [0, 0.05) is 25.6 Å². The van der Waals surface area contributed by atoms with E-state index in [9.17, 15) is 4.79 Å². The molecule has 0 radical (unpaired) electrons. The quantitative estimate of drug-likeness (QED) is 0.799. The van der Waals surface area contributed by atoms with E-state index >= 15 is 0 Å². The van der Waals surface area contributed by atoms with Crippen molar-refractivity contribution in [3.63, 3.8) is 0 Å². The minimum atomic E-state index is 0.209. The largest absolute Gasteiger partial charge is 0.381 e. The monoisotopic (exact) mass is 268 g/mol. The van der Waals surface area contributed by atoms with Crippen LogP contribution in [0, 0.1) is 11.8 Å². The number of hydrogen-bond donors (Lipinski definition) is 2. The van der Waals surface area contributed by atoms with Crippen molar-refractivity contribution in [3.8, 4) is 0 Å². The molecule has 2 fully saturated rings. The van der Waals surface area contributed by atoms with Gasteiger partial charge in [0.25, 0.3) is 0 Å². The molecule has 110 valence electrons. The molecule has 1 aliphatic heterocycles. The summed E-state index contributed by atoms with van der Waals surface area (Å²) in [4.78, 5) is 11.8. The van der Waals surface area contributed by atoms with E-state index in [1.54, 1.807) is 0 Å². The van der Waals surface area contributed by atoms with E-state index in [1.165, 1.54) is 19.3 Å². The van der Waals surface area contributed by atoms with Gasteiger partial charge >= 0.3 is 0 Å². The van der Waals surface area contributed by atoms with E-state index in [2.05, 4.69) is 5.32 Å². The molecule has 1 unspecified atom stereocenters. The zero-order valence-corrected chi connectivity index (χ0v) is 11.9. The highest BCUT2D eigenvalue weighted by Gasteiger charge is 2.19. The van der Waals surface area contributed by atoms with Gasteiger partial charge in [0.2, 0.25) is 5.91 Å². The maximum absolute atomic E-state index is 11.8. The molecule has 1 aliphatic carbocycles. The average Bonchev–Trinajstić information content (AvgIpc) is 2.45. The van der Waals surface area contributed by atoms with Crippen LogP contribution >= 0.6 is 0 Å². The number of hydrogen-bond acceptors (Lipinski definition) is 3. The number of ether oxygens (including phenoxy) is 1. The topological polar surface area (TPSA) is 64.4 Å². The third kappa shape index (κ3) is 5.49. The molecule has 1 saturated carbocycles. The van der Waals surface area contributed by atoms with E-state index < -0.39 is 0 Å². The highest BCUT2D eigenvalue weighted by molar-refractivity contribution is 5.75. The van der Waals surface area contributed by atoms with Crippen molar-refractivity contribution >= 4 is 5.91 Å². The maximum Gasteiger partial charge on any atom is 0.220 e. The van der Waals surface area contributed by atoms with Crippen LogP contribution < -0.4 is 11.1 Å². The summed E-state index contributed by atoms with van der Waals surface area (Å²) in [5, 5.41) is 3.06. The van der Waals surface area contributed by atoms with E-state index in [4.69, 9.17) is 10.5 Å². The highest BCUT2D eigenvalue weighted by Crippen LogP contribution is 2.26. The lowest BCUT2D eigenvalue weighted by Gasteiger charge is -2.26. The van der Waals surface area contributed by atoms with Crippen molar-refractivity contribution < 1.29 is 9.53 Å². The summed E-state index contributed by atoms with van der Waals surface area (Å²) >= 11 is 0. The first-order chi connectivity index (χ1) is 9.24. The van der Waals surface area contributed by atoms with Gasteiger partial charge in [-0.15, -0.1) is 0 Å². The Morgan fingerprint density at radius 1 is 1.16 bits per heavy atom. The molecule has 0 aromatic rings. The van der Waals surface area contributed by atoms with Gasteiger partial charge in [-0.1, -0.05) is 0 Å². The fourth-order valence-corrected chi connectivity index (χ4v) is 3.13. The van der Waals surface area contributed by atoms with Crippen LogP contribution in [0.1, 0.15) is 51.4 Å². The van der Waals surface area contributed by atoms with Crippen LogP contribution in [0.5, 0.6) is 0 Å². The molecule has 0 aromatic carbocycles. The molecule has 2 rings (SSSR count). The summed E-state index contributed by atoms with van der Waals surface area (Å²) < 4.78 is 5.42. The van der Waals surface area contributed by atoms with Crippen molar-refractivity contribution in [2.45, 2.75) is 57.4 Å². The van der Waals surface area contributed by atoms with Crippen molar-refractivity contribution in [2.24, 2.45) is 17.6 Å². The Kier molecular flexibility index (Phi) is 6.11. The molecule has 1 saturated heterocycles. The van der Waals surface area contributed by atoms with Gasteiger partial charge < -0.3 is 15.8 Å². The minimum absolute atomic E-state index is 0.209. The molecule has 1 amide bonds. The molecule has 1 atom stereocenters. The summed E-state index contributed by atoms with van der Waals surface area (Å²) in [6.07, 6.45) is 8.67. The summed E-state index contributed by atoms with van der Waals surface area (Å²) in [7, 11) is 0. The van der Waals surface area contributed by atoms with E-state index in [1.807, 2.05) is 0 Å². The van der Waals surface area contributed by atoms with Gasteiger partial charge in [0.15, 0.2) is 0 Å². The Labute approximate surface area is 116 Å². The molecule has 4 heteroatoms. The van der Waals surface area contributed by atoms with Crippen LogP contribution in [0.2, 0.25) is 0 Å². The van der Waals surface area contributed by atoms with Crippen LogP contribution in [-0.2, 0) is 9.53 Å².